The molecule has 2 rings (SSSR count). The Morgan fingerprint density at radius 1 is 1.39 bits per heavy atom. The molecular weight excluding hydrogens is 230 g/mol. The lowest BCUT2D eigenvalue weighted by Crippen LogP contribution is -2.06. The number of hydrogen-bond donors (Lipinski definition) is 2. The highest BCUT2D eigenvalue weighted by molar-refractivity contribution is 5.49. The van der Waals surface area contributed by atoms with Crippen molar-refractivity contribution in [2.24, 2.45) is 0 Å². The van der Waals surface area contributed by atoms with Gasteiger partial charge in [0.15, 0.2) is 11.6 Å². The van der Waals surface area contributed by atoms with Crippen molar-refractivity contribution in [1.29, 1.82) is 0 Å². The van der Waals surface area contributed by atoms with Crippen LogP contribution in [0.5, 0.6) is 0 Å². The highest BCUT2D eigenvalue weighted by Crippen LogP contribution is 2.14. The molecule has 0 aromatic carbocycles. The van der Waals surface area contributed by atoms with E-state index in [9.17, 15) is 0 Å². The van der Waals surface area contributed by atoms with E-state index in [1.165, 1.54) is 0 Å². The van der Waals surface area contributed by atoms with Crippen LogP contribution in [0.1, 0.15) is 19.0 Å². The van der Waals surface area contributed by atoms with Crippen LogP contribution in [-0.2, 0) is 11.3 Å². The molecule has 0 atom stereocenters. The summed E-state index contributed by atoms with van der Waals surface area (Å²) in [6.45, 7) is 3.44. The molecule has 0 aliphatic rings. The Morgan fingerprint density at radius 2 is 2.28 bits per heavy atom. The summed E-state index contributed by atoms with van der Waals surface area (Å²) < 4.78 is 5.11. The van der Waals surface area contributed by atoms with Gasteiger partial charge in [-0.15, -0.1) is 0 Å². The Labute approximate surface area is 106 Å². The van der Waals surface area contributed by atoms with Gasteiger partial charge in [-0.3, -0.25) is 0 Å². The first-order valence-electron chi connectivity index (χ1n) is 5.94. The molecule has 0 bridgehead atoms. The third-order valence-corrected chi connectivity index (χ3v) is 2.34. The number of H-pyrrole nitrogens is 1. The minimum Gasteiger partial charge on any atom is -0.378 e. The third-order valence-electron chi connectivity index (χ3n) is 2.34. The van der Waals surface area contributed by atoms with Gasteiger partial charge in [0.05, 0.1) is 12.3 Å². The van der Waals surface area contributed by atoms with Crippen molar-refractivity contribution in [3.63, 3.8) is 0 Å². The largest absolute Gasteiger partial charge is 0.378 e. The normalized spacial score (nSPS) is 10.6. The number of ether oxygens (including phenoxy) is 1. The maximum Gasteiger partial charge on any atom is 0.197 e. The molecule has 0 amide bonds. The topological polar surface area (TPSA) is 75.7 Å². The first kappa shape index (κ1) is 12.5. The van der Waals surface area contributed by atoms with E-state index >= 15 is 0 Å². The molecule has 0 saturated carbocycles. The number of imidazole rings is 1. The van der Waals surface area contributed by atoms with Gasteiger partial charge in [0.2, 0.25) is 0 Å². The first-order chi connectivity index (χ1) is 8.83. The fourth-order valence-corrected chi connectivity index (χ4v) is 1.56. The smallest absolute Gasteiger partial charge is 0.197 e. The van der Waals surface area contributed by atoms with E-state index in [1.807, 2.05) is 6.07 Å². The molecule has 2 aromatic heterocycles. The number of aromatic nitrogens is 4. The van der Waals surface area contributed by atoms with E-state index in [1.54, 1.807) is 19.5 Å². The number of aromatic amines is 1. The summed E-state index contributed by atoms with van der Waals surface area (Å²) in [6, 6.07) is 1.89. The molecule has 0 spiro atoms. The van der Waals surface area contributed by atoms with E-state index < -0.39 is 0 Å². The summed E-state index contributed by atoms with van der Waals surface area (Å²) in [4.78, 5) is 16.0. The number of methoxy groups -OCH3 is 1. The zero-order chi connectivity index (χ0) is 12.8. The summed E-state index contributed by atoms with van der Waals surface area (Å²) in [5.74, 6) is 2.03. The molecule has 18 heavy (non-hydrogen) atoms. The van der Waals surface area contributed by atoms with Crippen LogP contribution in [0.3, 0.4) is 0 Å². The Kier molecular flexibility index (Phi) is 4.25. The first-order valence-corrected chi connectivity index (χ1v) is 5.94. The Morgan fingerprint density at radius 3 is 2.94 bits per heavy atom. The van der Waals surface area contributed by atoms with Crippen molar-refractivity contribution in [2.75, 3.05) is 19.0 Å². The number of hydrogen-bond acceptors (Lipinski definition) is 5. The van der Waals surface area contributed by atoms with Gasteiger partial charge in [-0.25, -0.2) is 15.0 Å². The lowest BCUT2D eigenvalue weighted by atomic mass is 10.3. The van der Waals surface area contributed by atoms with E-state index in [2.05, 4.69) is 32.2 Å². The van der Waals surface area contributed by atoms with Crippen molar-refractivity contribution < 1.29 is 4.74 Å². The van der Waals surface area contributed by atoms with Crippen LogP contribution in [0, 0.1) is 0 Å². The lowest BCUT2D eigenvalue weighted by Gasteiger charge is -2.08. The maximum absolute atomic E-state index is 5.11. The van der Waals surface area contributed by atoms with Gasteiger partial charge in [-0.2, -0.15) is 0 Å². The highest BCUT2D eigenvalue weighted by Gasteiger charge is 2.08. The Balaban J connectivity index is 2.30. The van der Waals surface area contributed by atoms with Crippen LogP contribution in [0.2, 0.25) is 0 Å². The summed E-state index contributed by atoms with van der Waals surface area (Å²) in [6.07, 6.45) is 4.47. The van der Waals surface area contributed by atoms with Crippen molar-refractivity contribution >= 4 is 5.82 Å². The van der Waals surface area contributed by atoms with E-state index in [0.29, 0.717) is 18.3 Å². The van der Waals surface area contributed by atoms with Crippen LogP contribution >= 0.6 is 0 Å². The zero-order valence-corrected chi connectivity index (χ0v) is 10.6. The molecule has 0 radical (unpaired) electrons. The second-order valence-electron chi connectivity index (χ2n) is 3.87. The van der Waals surface area contributed by atoms with E-state index in [4.69, 9.17) is 4.74 Å². The Hall–Kier alpha value is -1.95. The number of nitrogens with one attached hydrogen (secondary N) is 2. The van der Waals surface area contributed by atoms with Gasteiger partial charge >= 0.3 is 0 Å². The van der Waals surface area contributed by atoms with Crippen molar-refractivity contribution in [1.82, 2.24) is 19.9 Å². The van der Waals surface area contributed by atoms with E-state index in [0.717, 1.165) is 24.5 Å². The molecule has 2 aromatic rings. The minimum absolute atomic E-state index is 0.455. The highest BCUT2D eigenvalue weighted by atomic mass is 16.5. The van der Waals surface area contributed by atoms with Crippen molar-refractivity contribution in [2.45, 2.75) is 20.0 Å². The zero-order valence-electron chi connectivity index (χ0n) is 10.6. The van der Waals surface area contributed by atoms with Crippen molar-refractivity contribution in [3.8, 4) is 11.6 Å². The SMILES string of the molecule is CCCNc1cc(COC)nc(-c2ncc[nH]2)n1. The molecule has 96 valence electrons. The summed E-state index contributed by atoms with van der Waals surface area (Å²) in [7, 11) is 1.65. The van der Waals surface area contributed by atoms with Gasteiger partial charge in [0, 0.05) is 32.1 Å². The lowest BCUT2D eigenvalue weighted by molar-refractivity contribution is 0.181. The van der Waals surface area contributed by atoms with Gasteiger partial charge in [0.25, 0.3) is 0 Å². The quantitative estimate of drug-likeness (QED) is 0.814. The van der Waals surface area contributed by atoms with Crippen molar-refractivity contribution in [3.05, 3.63) is 24.2 Å². The molecular formula is C12H17N5O. The maximum atomic E-state index is 5.11. The average molecular weight is 247 g/mol. The monoisotopic (exact) mass is 247 g/mol. The van der Waals surface area contributed by atoms with Gasteiger partial charge in [-0.1, -0.05) is 6.92 Å². The van der Waals surface area contributed by atoms with Crippen LogP contribution in [0.4, 0.5) is 5.82 Å². The summed E-state index contributed by atoms with van der Waals surface area (Å²) in [5.41, 5.74) is 0.831. The molecule has 0 unspecified atom stereocenters. The molecule has 2 heterocycles. The summed E-state index contributed by atoms with van der Waals surface area (Å²) in [5, 5.41) is 3.25. The molecule has 6 heteroatoms. The van der Waals surface area contributed by atoms with Gasteiger partial charge in [-0.05, 0) is 6.42 Å². The minimum atomic E-state index is 0.455. The van der Waals surface area contributed by atoms with Crippen LogP contribution in [0.15, 0.2) is 18.5 Å². The second kappa shape index (κ2) is 6.11. The standard InChI is InChI=1S/C12H17N5O/c1-3-4-13-10-7-9(8-18-2)16-12(17-10)11-14-5-6-15-11/h5-7H,3-4,8H2,1-2H3,(H,14,15)(H,13,16,17). The second-order valence-corrected chi connectivity index (χ2v) is 3.87. The third kappa shape index (κ3) is 3.04. The molecule has 0 saturated heterocycles. The van der Waals surface area contributed by atoms with E-state index in [-0.39, 0.29) is 0 Å². The fourth-order valence-electron chi connectivity index (χ4n) is 1.56. The molecule has 0 fully saturated rings. The van der Waals surface area contributed by atoms with Crippen LogP contribution in [0.25, 0.3) is 11.6 Å². The van der Waals surface area contributed by atoms with Gasteiger partial charge < -0.3 is 15.0 Å². The molecule has 0 aliphatic heterocycles. The molecule has 6 nitrogen and oxygen atoms in total. The predicted octanol–water partition coefficient (Wildman–Crippen LogP) is 1.83. The summed E-state index contributed by atoms with van der Waals surface area (Å²) >= 11 is 0. The van der Waals surface area contributed by atoms with Crippen LogP contribution in [-0.4, -0.2) is 33.6 Å². The van der Waals surface area contributed by atoms with Gasteiger partial charge in [0.1, 0.15) is 5.82 Å². The number of rotatable bonds is 6. The molecule has 0 aliphatic carbocycles. The number of nitrogens with zero attached hydrogens (tertiary/aromatic N) is 3. The fraction of sp³-hybridized carbons (Fsp3) is 0.417. The number of anilines is 1. The predicted molar refractivity (Wildman–Crippen MR) is 69.1 cm³/mol. The Bertz CT molecular complexity index is 483. The van der Waals surface area contributed by atoms with Crippen LogP contribution < -0.4 is 5.32 Å². The average Bonchev–Trinajstić information content (AvgIpc) is 2.90. The molecule has 2 N–H and O–H groups in total.